The number of amides is 1. The SMILES string of the molecule is C[C@@H]1Cc2c(ccc(F)c2F)N1C(=O)Cc1nc(N2CCOCC2)c(F)c(=O)n1C. The monoisotopic (exact) mass is 422 g/mol. The van der Waals surface area contributed by atoms with Gasteiger partial charge in [0.25, 0.3) is 5.56 Å². The van der Waals surface area contributed by atoms with E-state index in [1.165, 1.54) is 18.0 Å². The minimum absolute atomic E-state index is 0.0936. The van der Waals surface area contributed by atoms with Gasteiger partial charge in [-0.2, -0.15) is 4.39 Å². The van der Waals surface area contributed by atoms with Crippen molar-refractivity contribution < 1.29 is 22.7 Å². The number of fused-ring (bicyclic) bond motifs is 1. The fourth-order valence-electron chi connectivity index (χ4n) is 3.98. The Hall–Kier alpha value is -2.88. The zero-order valence-corrected chi connectivity index (χ0v) is 16.6. The fourth-order valence-corrected chi connectivity index (χ4v) is 3.98. The quantitative estimate of drug-likeness (QED) is 0.751. The highest BCUT2D eigenvalue weighted by atomic mass is 19.2. The zero-order chi connectivity index (χ0) is 21.6. The third-order valence-corrected chi connectivity index (χ3v) is 5.57. The molecule has 30 heavy (non-hydrogen) atoms. The van der Waals surface area contributed by atoms with Gasteiger partial charge < -0.3 is 14.5 Å². The van der Waals surface area contributed by atoms with Crippen molar-refractivity contribution >= 4 is 17.4 Å². The van der Waals surface area contributed by atoms with Crippen LogP contribution in [-0.2, 0) is 29.4 Å². The van der Waals surface area contributed by atoms with Gasteiger partial charge in [0.05, 0.1) is 25.3 Å². The van der Waals surface area contributed by atoms with Crippen LogP contribution in [0, 0.1) is 17.5 Å². The molecule has 0 unspecified atom stereocenters. The molecule has 1 atom stereocenters. The summed E-state index contributed by atoms with van der Waals surface area (Å²) in [6, 6.07) is 1.96. The maximum atomic E-state index is 14.6. The molecule has 160 valence electrons. The molecule has 4 rings (SSSR count). The van der Waals surface area contributed by atoms with E-state index in [2.05, 4.69) is 4.98 Å². The molecule has 0 N–H and O–H groups in total. The molecular weight excluding hydrogens is 401 g/mol. The predicted molar refractivity (Wildman–Crippen MR) is 103 cm³/mol. The van der Waals surface area contributed by atoms with Crippen LogP contribution in [0.1, 0.15) is 18.3 Å². The van der Waals surface area contributed by atoms with Crippen LogP contribution < -0.4 is 15.4 Å². The zero-order valence-electron chi connectivity index (χ0n) is 16.6. The highest BCUT2D eigenvalue weighted by Crippen LogP contribution is 2.35. The molecule has 1 aromatic heterocycles. The Morgan fingerprint density at radius 3 is 2.60 bits per heavy atom. The molecule has 1 aromatic carbocycles. The van der Waals surface area contributed by atoms with Crippen molar-refractivity contribution in [2.45, 2.75) is 25.8 Å². The van der Waals surface area contributed by atoms with Gasteiger partial charge in [0, 0.05) is 31.7 Å². The molecule has 0 saturated carbocycles. The Morgan fingerprint density at radius 1 is 1.20 bits per heavy atom. The number of halogens is 3. The lowest BCUT2D eigenvalue weighted by atomic mass is 10.1. The first-order valence-electron chi connectivity index (χ1n) is 9.66. The van der Waals surface area contributed by atoms with E-state index >= 15 is 0 Å². The lowest BCUT2D eigenvalue weighted by molar-refractivity contribution is -0.118. The summed E-state index contributed by atoms with van der Waals surface area (Å²) < 4.78 is 48.5. The first kappa shape index (κ1) is 20.4. The molecule has 2 aromatic rings. The number of nitrogens with zero attached hydrogens (tertiary/aromatic N) is 4. The van der Waals surface area contributed by atoms with Crippen LogP contribution in [-0.4, -0.2) is 47.8 Å². The van der Waals surface area contributed by atoms with Gasteiger partial charge in [-0.1, -0.05) is 0 Å². The first-order valence-corrected chi connectivity index (χ1v) is 9.66. The third kappa shape index (κ3) is 3.34. The number of anilines is 2. The molecule has 1 fully saturated rings. The average Bonchev–Trinajstić information content (AvgIpc) is 3.08. The predicted octanol–water partition coefficient (Wildman–Crippen LogP) is 1.55. The molecular formula is C20H21F3N4O3. The highest BCUT2D eigenvalue weighted by Gasteiger charge is 2.34. The first-order chi connectivity index (χ1) is 14.3. The van der Waals surface area contributed by atoms with Crippen LogP contribution >= 0.6 is 0 Å². The molecule has 1 amide bonds. The summed E-state index contributed by atoms with van der Waals surface area (Å²) >= 11 is 0. The number of ether oxygens (including phenoxy) is 1. The molecule has 3 heterocycles. The van der Waals surface area contributed by atoms with Gasteiger partial charge in [0.2, 0.25) is 11.7 Å². The van der Waals surface area contributed by atoms with Crippen molar-refractivity contribution in [1.82, 2.24) is 9.55 Å². The fraction of sp³-hybridized carbons (Fsp3) is 0.450. The number of benzene rings is 1. The van der Waals surface area contributed by atoms with Crippen molar-refractivity contribution in [1.29, 1.82) is 0 Å². The van der Waals surface area contributed by atoms with Gasteiger partial charge in [0.15, 0.2) is 17.5 Å². The topological polar surface area (TPSA) is 67.7 Å². The molecule has 0 aliphatic carbocycles. The number of rotatable bonds is 3. The van der Waals surface area contributed by atoms with E-state index in [0.717, 1.165) is 10.6 Å². The van der Waals surface area contributed by atoms with Gasteiger partial charge in [-0.3, -0.25) is 14.2 Å². The van der Waals surface area contributed by atoms with Crippen LogP contribution in [0.5, 0.6) is 0 Å². The van der Waals surface area contributed by atoms with Crippen molar-refractivity contribution in [2.24, 2.45) is 7.05 Å². The smallest absolute Gasteiger partial charge is 0.291 e. The number of carbonyl (C=O) groups is 1. The summed E-state index contributed by atoms with van der Waals surface area (Å²) in [7, 11) is 1.35. The molecule has 2 aliphatic rings. The number of hydrogen-bond acceptors (Lipinski definition) is 5. The largest absolute Gasteiger partial charge is 0.378 e. The lowest BCUT2D eigenvalue weighted by Crippen LogP contribution is -2.41. The summed E-state index contributed by atoms with van der Waals surface area (Å²) in [5.74, 6) is -3.35. The minimum Gasteiger partial charge on any atom is -0.378 e. The average molecular weight is 422 g/mol. The van der Waals surface area contributed by atoms with E-state index in [-0.39, 0.29) is 36.1 Å². The van der Waals surface area contributed by atoms with Crippen molar-refractivity contribution in [3.63, 3.8) is 0 Å². The van der Waals surface area contributed by atoms with E-state index in [9.17, 15) is 22.8 Å². The molecule has 1 saturated heterocycles. The van der Waals surface area contributed by atoms with Crippen LogP contribution in [0.2, 0.25) is 0 Å². The van der Waals surface area contributed by atoms with Gasteiger partial charge in [-0.05, 0) is 25.5 Å². The summed E-state index contributed by atoms with van der Waals surface area (Å²) in [4.78, 5) is 32.7. The summed E-state index contributed by atoms with van der Waals surface area (Å²) in [6.45, 7) is 3.26. The molecule has 2 aliphatic heterocycles. The minimum atomic E-state index is -0.979. The number of carbonyl (C=O) groups excluding carboxylic acids is 1. The Morgan fingerprint density at radius 2 is 1.90 bits per heavy atom. The second kappa shape index (κ2) is 7.75. The van der Waals surface area contributed by atoms with Crippen LogP contribution in [0.15, 0.2) is 16.9 Å². The van der Waals surface area contributed by atoms with E-state index in [1.807, 2.05) is 0 Å². The van der Waals surface area contributed by atoms with Crippen LogP contribution in [0.3, 0.4) is 0 Å². The Balaban J connectivity index is 1.67. The molecule has 0 bridgehead atoms. The van der Waals surface area contributed by atoms with Gasteiger partial charge in [0.1, 0.15) is 5.82 Å². The van der Waals surface area contributed by atoms with Gasteiger partial charge in [-0.25, -0.2) is 13.8 Å². The molecule has 0 spiro atoms. The number of hydrogen-bond donors (Lipinski definition) is 0. The van der Waals surface area contributed by atoms with Crippen molar-refractivity contribution in [3.05, 3.63) is 51.3 Å². The maximum absolute atomic E-state index is 14.6. The van der Waals surface area contributed by atoms with Crippen molar-refractivity contribution in [3.8, 4) is 0 Å². The van der Waals surface area contributed by atoms with Gasteiger partial charge >= 0.3 is 0 Å². The normalized spacial score (nSPS) is 18.6. The standard InChI is InChI=1S/C20H21F3N4O3/c1-11-9-12-14(4-3-13(21)17(12)22)27(11)16(28)10-15-24-19(18(23)20(29)25(15)2)26-5-7-30-8-6-26/h3-4,11H,5-10H2,1-2H3/t11-/m1/s1. The Kier molecular flexibility index (Phi) is 5.27. The second-order valence-electron chi connectivity index (χ2n) is 7.48. The van der Waals surface area contributed by atoms with E-state index in [0.29, 0.717) is 32.0 Å². The Bertz CT molecular complexity index is 1070. The maximum Gasteiger partial charge on any atom is 0.291 e. The number of aromatic nitrogens is 2. The summed E-state index contributed by atoms with van der Waals surface area (Å²) in [5.41, 5.74) is -0.435. The lowest BCUT2D eigenvalue weighted by Gasteiger charge is -2.28. The molecule has 0 radical (unpaired) electrons. The summed E-state index contributed by atoms with van der Waals surface area (Å²) in [6.07, 6.45) is -0.106. The van der Waals surface area contributed by atoms with Crippen molar-refractivity contribution in [2.75, 3.05) is 36.1 Å². The molecule has 7 nitrogen and oxygen atoms in total. The Labute approximate surface area is 170 Å². The third-order valence-electron chi connectivity index (χ3n) is 5.57. The van der Waals surface area contributed by atoms with Crippen LogP contribution in [0.4, 0.5) is 24.7 Å². The van der Waals surface area contributed by atoms with Crippen LogP contribution in [0.25, 0.3) is 0 Å². The van der Waals surface area contributed by atoms with E-state index in [4.69, 9.17) is 4.74 Å². The van der Waals surface area contributed by atoms with Gasteiger partial charge in [-0.15, -0.1) is 0 Å². The number of morpholine rings is 1. The second-order valence-corrected chi connectivity index (χ2v) is 7.48. The summed E-state index contributed by atoms with van der Waals surface area (Å²) in [5, 5.41) is 0. The van der Waals surface area contributed by atoms with E-state index in [1.54, 1.807) is 11.8 Å². The highest BCUT2D eigenvalue weighted by molar-refractivity contribution is 5.97. The molecule has 10 heteroatoms. The van der Waals surface area contributed by atoms with E-state index < -0.39 is 28.9 Å².